The standard InChI is InChI=1S/C21H23N5O/c1-17-4-2-3-5-20(17)24-10-12-25(13-11-24)21(27)19-8-6-18(7-9-19)14-26-16-22-15-23-26/h2-9,15-16H,10-14H2,1H3. The van der Waals surface area contributed by atoms with Gasteiger partial charge < -0.3 is 9.80 Å². The maximum atomic E-state index is 12.8. The average Bonchev–Trinajstić information content (AvgIpc) is 3.22. The van der Waals surface area contributed by atoms with Crippen LogP contribution in [0.2, 0.25) is 0 Å². The summed E-state index contributed by atoms with van der Waals surface area (Å²) in [7, 11) is 0. The number of hydrogen-bond donors (Lipinski definition) is 0. The molecule has 1 fully saturated rings. The molecule has 0 atom stereocenters. The van der Waals surface area contributed by atoms with Crippen LogP contribution in [0.15, 0.2) is 61.2 Å². The number of hydrogen-bond acceptors (Lipinski definition) is 4. The van der Waals surface area contributed by atoms with Crippen LogP contribution in [0, 0.1) is 6.92 Å². The number of carbonyl (C=O) groups excluding carboxylic acids is 1. The summed E-state index contributed by atoms with van der Waals surface area (Å²) in [6.07, 6.45) is 3.21. The van der Waals surface area contributed by atoms with Gasteiger partial charge in [0.1, 0.15) is 12.7 Å². The zero-order valence-electron chi connectivity index (χ0n) is 15.5. The fourth-order valence-corrected chi connectivity index (χ4v) is 3.51. The smallest absolute Gasteiger partial charge is 0.253 e. The van der Waals surface area contributed by atoms with Gasteiger partial charge in [-0.2, -0.15) is 5.10 Å². The third kappa shape index (κ3) is 3.84. The van der Waals surface area contributed by atoms with Crippen molar-refractivity contribution in [1.29, 1.82) is 0 Å². The normalized spacial score (nSPS) is 14.4. The first-order valence-electron chi connectivity index (χ1n) is 9.22. The Bertz CT molecular complexity index is 897. The highest BCUT2D eigenvalue weighted by Gasteiger charge is 2.22. The van der Waals surface area contributed by atoms with Crippen molar-refractivity contribution in [2.24, 2.45) is 0 Å². The number of amides is 1. The minimum Gasteiger partial charge on any atom is -0.368 e. The van der Waals surface area contributed by atoms with E-state index in [0.717, 1.165) is 37.3 Å². The molecule has 0 spiro atoms. The molecule has 4 rings (SSSR count). The molecule has 1 saturated heterocycles. The molecule has 1 aromatic heterocycles. The van der Waals surface area contributed by atoms with Crippen LogP contribution < -0.4 is 4.90 Å². The molecule has 1 aliphatic rings. The maximum Gasteiger partial charge on any atom is 0.253 e. The molecule has 27 heavy (non-hydrogen) atoms. The second kappa shape index (κ2) is 7.61. The van der Waals surface area contributed by atoms with Crippen LogP contribution in [0.3, 0.4) is 0 Å². The minimum absolute atomic E-state index is 0.103. The Kier molecular flexibility index (Phi) is 4.87. The first-order chi connectivity index (χ1) is 13.2. The number of anilines is 1. The number of aryl methyl sites for hydroxylation is 1. The van der Waals surface area contributed by atoms with Crippen molar-refractivity contribution >= 4 is 11.6 Å². The van der Waals surface area contributed by atoms with E-state index < -0.39 is 0 Å². The topological polar surface area (TPSA) is 54.3 Å². The number of benzene rings is 2. The zero-order valence-corrected chi connectivity index (χ0v) is 15.5. The quantitative estimate of drug-likeness (QED) is 0.717. The summed E-state index contributed by atoms with van der Waals surface area (Å²) in [5.41, 5.74) is 4.38. The highest BCUT2D eigenvalue weighted by atomic mass is 16.2. The van der Waals surface area contributed by atoms with E-state index in [4.69, 9.17) is 0 Å². The van der Waals surface area contributed by atoms with Crippen LogP contribution in [0.4, 0.5) is 5.69 Å². The average molecular weight is 361 g/mol. The van der Waals surface area contributed by atoms with Crippen molar-refractivity contribution in [2.75, 3.05) is 31.1 Å². The first kappa shape index (κ1) is 17.3. The zero-order chi connectivity index (χ0) is 18.6. The summed E-state index contributed by atoms with van der Waals surface area (Å²) < 4.78 is 1.77. The molecule has 138 valence electrons. The van der Waals surface area contributed by atoms with Gasteiger partial charge in [-0.25, -0.2) is 9.67 Å². The molecule has 0 unspecified atom stereocenters. The van der Waals surface area contributed by atoms with Gasteiger partial charge >= 0.3 is 0 Å². The van der Waals surface area contributed by atoms with Gasteiger partial charge in [-0.1, -0.05) is 30.3 Å². The first-order valence-corrected chi connectivity index (χ1v) is 9.22. The minimum atomic E-state index is 0.103. The Morgan fingerprint density at radius 1 is 1.00 bits per heavy atom. The lowest BCUT2D eigenvalue weighted by molar-refractivity contribution is 0.0747. The van der Waals surface area contributed by atoms with Gasteiger partial charge in [-0.3, -0.25) is 4.79 Å². The Labute approximate surface area is 159 Å². The molecule has 3 aromatic rings. The van der Waals surface area contributed by atoms with Crippen molar-refractivity contribution < 1.29 is 4.79 Å². The Morgan fingerprint density at radius 2 is 1.74 bits per heavy atom. The van der Waals surface area contributed by atoms with E-state index in [-0.39, 0.29) is 5.91 Å². The van der Waals surface area contributed by atoms with Crippen molar-refractivity contribution in [3.63, 3.8) is 0 Å². The molecule has 0 bridgehead atoms. The number of carbonyl (C=O) groups is 1. The van der Waals surface area contributed by atoms with Gasteiger partial charge in [0.15, 0.2) is 0 Å². The molecular formula is C21H23N5O. The predicted octanol–water partition coefficient (Wildman–Crippen LogP) is 2.60. The SMILES string of the molecule is Cc1ccccc1N1CCN(C(=O)c2ccc(Cn3cncn3)cc2)CC1. The summed E-state index contributed by atoms with van der Waals surface area (Å²) >= 11 is 0. The fourth-order valence-electron chi connectivity index (χ4n) is 3.51. The predicted molar refractivity (Wildman–Crippen MR) is 105 cm³/mol. The Hall–Kier alpha value is -3.15. The number of rotatable bonds is 4. The number of aromatic nitrogens is 3. The van der Waals surface area contributed by atoms with Crippen molar-refractivity contribution in [3.05, 3.63) is 77.9 Å². The third-order valence-electron chi connectivity index (χ3n) is 5.04. The molecule has 2 heterocycles. The molecule has 6 heteroatoms. The summed E-state index contributed by atoms with van der Waals surface area (Å²) in [6, 6.07) is 16.2. The van der Waals surface area contributed by atoms with E-state index in [1.54, 1.807) is 11.0 Å². The number of para-hydroxylation sites is 1. The maximum absolute atomic E-state index is 12.8. The van der Waals surface area contributed by atoms with Crippen LogP contribution in [0.1, 0.15) is 21.5 Å². The lowest BCUT2D eigenvalue weighted by Gasteiger charge is -2.36. The van der Waals surface area contributed by atoms with E-state index in [9.17, 15) is 4.79 Å². The highest BCUT2D eigenvalue weighted by molar-refractivity contribution is 5.94. The van der Waals surface area contributed by atoms with Gasteiger partial charge in [0.2, 0.25) is 0 Å². The molecule has 1 aliphatic heterocycles. The summed E-state index contributed by atoms with van der Waals surface area (Å²) in [6.45, 7) is 6.00. The van der Waals surface area contributed by atoms with E-state index in [0.29, 0.717) is 6.54 Å². The number of nitrogens with zero attached hydrogens (tertiary/aromatic N) is 5. The van der Waals surface area contributed by atoms with Gasteiger partial charge in [-0.15, -0.1) is 0 Å². The van der Waals surface area contributed by atoms with Crippen molar-refractivity contribution in [3.8, 4) is 0 Å². The fraction of sp³-hybridized carbons (Fsp3) is 0.286. The molecule has 0 radical (unpaired) electrons. The monoisotopic (exact) mass is 361 g/mol. The molecule has 6 nitrogen and oxygen atoms in total. The second-order valence-corrected chi connectivity index (χ2v) is 6.86. The summed E-state index contributed by atoms with van der Waals surface area (Å²) in [5.74, 6) is 0.103. The van der Waals surface area contributed by atoms with Gasteiger partial charge in [0, 0.05) is 37.4 Å². The van der Waals surface area contributed by atoms with E-state index >= 15 is 0 Å². The summed E-state index contributed by atoms with van der Waals surface area (Å²) in [5, 5.41) is 4.11. The third-order valence-corrected chi connectivity index (χ3v) is 5.04. The van der Waals surface area contributed by atoms with Crippen LogP contribution in [0.25, 0.3) is 0 Å². The highest BCUT2D eigenvalue weighted by Crippen LogP contribution is 2.21. The molecule has 0 aliphatic carbocycles. The summed E-state index contributed by atoms with van der Waals surface area (Å²) in [4.78, 5) is 21.1. The molecule has 0 N–H and O–H groups in total. The van der Waals surface area contributed by atoms with Crippen LogP contribution in [-0.2, 0) is 6.54 Å². The lowest BCUT2D eigenvalue weighted by atomic mass is 10.1. The van der Waals surface area contributed by atoms with Gasteiger partial charge in [0.25, 0.3) is 5.91 Å². The van der Waals surface area contributed by atoms with E-state index in [2.05, 4.69) is 46.2 Å². The largest absolute Gasteiger partial charge is 0.368 e. The molecule has 1 amide bonds. The van der Waals surface area contributed by atoms with E-state index in [1.807, 2.05) is 29.2 Å². The van der Waals surface area contributed by atoms with Crippen molar-refractivity contribution in [1.82, 2.24) is 19.7 Å². The van der Waals surface area contributed by atoms with Gasteiger partial charge in [0.05, 0.1) is 6.54 Å². The lowest BCUT2D eigenvalue weighted by Crippen LogP contribution is -2.49. The molecule has 0 saturated carbocycles. The van der Waals surface area contributed by atoms with Crippen molar-refractivity contribution in [2.45, 2.75) is 13.5 Å². The Balaban J connectivity index is 1.37. The van der Waals surface area contributed by atoms with Crippen LogP contribution in [-0.4, -0.2) is 51.8 Å². The van der Waals surface area contributed by atoms with Crippen LogP contribution in [0.5, 0.6) is 0 Å². The van der Waals surface area contributed by atoms with Crippen LogP contribution >= 0.6 is 0 Å². The van der Waals surface area contributed by atoms with Gasteiger partial charge in [-0.05, 0) is 36.2 Å². The number of piperazine rings is 1. The van der Waals surface area contributed by atoms with E-state index in [1.165, 1.54) is 17.6 Å². The molecule has 2 aromatic carbocycles. The second-order valence-electron chi connectivity index (χ2n) is 6.86. The Morgan fingerprint density at radius 3 is 2.41 bits per heavy atom. The molecular weight excluding hydrogens is 338 g/mol.